The summed E-state index contributed by atoms with van der Waals surface area (Å²) >= 11 is 1.89. The molecule has 3 nitrogen and oxygen atoms in total. The molecule has 0 amide bonds. The maximum Gasteiger partial charge on any atom is 0.0543 e. The lowest BCUT2D eigenvalue weighted by Gasteiger charge is -2.35. The molecular weight excluding hydrogens is 1170 g/mol. The van der Waals surface area contributed by atoms with Crippen LogP contribution >= 0.6 is 11.3 Å². The standard InChI is InChI=1S/C91H79N3S/c1-3-5-7-9-23-55-91(56-24-10-8-6-4-2)83-61-75(93(73-50-53-86-81(59-73)76-35-19-21-39-85(76)92-86)71-45-41-65(42-46-71)69-33-25-31-67(57-69)63-27-13-11-14-28-63)49-52-80(83)90-79-38-18-17-36-77(79)87(62-84(90)91)94(74-51-54-89-82(60-74)78-37-20-22-40-88(78)95-89)72-47-43-66(44-48-72)70-34-26-32-68(58-70)64-29-15-12-16-30-64/h11-22,25-54,57-62,92H,3-10,23-24,55-56H2,1-2H3. The molecule has 1 aliphatic carbocycles. The molecule has 464 valence electrons. The van der Waals surface area contributed by atoms with Gasteiger partial charge in [0.05, 0.1) is 5.69 Å². The first-order valence-corrected chi connectivity index (χ1v) is 35.6. The minimum Gasteiger partial charge on any atom is -0.355 e. The highest BCUT2D eigenvalue weighted by Gasteiger charge is 2.44. The van der Waals surface area contributed by atoms with Crippen molar-refractivity contribution in [2.45, 2.75) is 96.3 Å². The van der Waals surface area contributed by atoms with Crippen LogP contribution in [0.4, 0.5) is 34.1 Å². The number of anilines is 6. The van der Waals surface area contributed by atoms with E-state index in [0.717, 1.165) is 59.5 Å². The van der Waals surface area contributed by atoms with Gasteiger partial charge in [0.15, 0.2) is 0 Å². The van der Waals surface area contributed by atoms with Crippen molar-refractivity contribution in [3.8, 4) is 55.6 Å². The van der Waals surface area contributed by atoms with Gasteiger partial charge in [-0.05, 0) is 188 Å². The Morgan fingerprint density at radius 1 is 0.295 bits per heavy atom. The molecule has 0 saturated carbocycles. The number of benzene rings is 13. The predicted octanol–water partition coefficient (Wildman–Crippen LogP) is 27.4. The Balaban J connectivity index is 0.890. The van der Waals surface area contributed by atoms with E-state index in [1.165, 1.54) is 171 Å². The van der Waals surface area contributed by atoms with Crippen LogP contribution < -0.4 is 9.80 Å². The Labute approximate surface area is 563 Å². The van der Waals surface area contributed by atoms with Crippen LogP contribution in [-0.4, -0.2) is 4.98 Å². The Bertz CT molecular complexity index is 5220. The summed E-state index contributed by atoms with van der Waals surface area (Å²) in [6.07, 6.45) is 14.4. The zero-order chi connectivity index (χ0) is 63.7. The van der Waals surface area contributed by atoms with Crippen molar-refractivity contribution in [2.24, 2.45) is 0 Å². The zero-order valence-electron chi connectivity index (χ0n) is 54.5. The van der Waals surface area contributed by atoms with Crippen LogP contribution in [0.2, 0.25) is 0 Å². The van der Waals surface area contributed by atoms with Gasteiger partial charge in [0.2, 0.25) is 0 Å². The summed E-state index contributed by atoms with van der Waals surface area (Å²) in [4.78, 5) is 8.88. The topological polar surface area (TPSA) is 22.3 Å². The van der Waals surface area contributed by atoms with Crippen LogP contribution in [0.3, 0.4) is 0 Å². The van der Waals surface area contributed by atoms with Crippen molar-refractivity contribution in [3.05, 3.63) is 302 Å². The van der Waals surface area contributed by atoms with E-state index < -0.39 is 0 Å². The molecule has 0 spiro atoms. The van der Waals surface area contributed by atoms with Gasteiger partial charge < -0.3 is 14.8 Å². The summed E-state index contributed by atoms with van der Waals surface area (Å²) in [6.45, 7) is 4.69. The molecule has 0 unspecified atom stereocenters. The molecule has 16 rings (SSSR count). The summed E-state index contributed by atoms with van der Waals surface area (Å²) in [7, 11) is 0. The first-order chi connectivity index (χ1) is 47.0. The normalized spacial score (nSPS) is 12.5. The molecule has 95 heavy (non-hydrogen) atoms. The number of hydrogen-bond acceptors (Lipinski definition) is 3. The van der Waals surface area contributed by atoms with E-state index in [2.05, 4.69) is 320 Å². The van der Waals surface area contributed by atoms with Gasteiger partial charge in [0.25, 0.3) is 0 Å². The third-order valence-electron chi connectivity index (χ3n) is 20.5. The number of fused-ring (bicyclic) bond motifs is 11. The number of aromatic nitrogens is 1. The number of unbranched alkanes of at least 4 members (excludes halogenated alkanes) is 8. The molecule has 1 N–H and O–H groups in total. The average Bonchev–Trinajstić information content (AvgIpc) is 1.55. The maximum absolute atomic E-state index is 3.74. The summed E-state index contributed by atoms with van der Waals surface area (Å²) < 4.78 is 2.62. The Morgan fingerprint density at radius 3 is 1.38 bits per heavy atom. The fourth-order valence-corrected chi connectivity index (χ4v) is 16.8. The van der Waals surface area contributed by atoms with Crippen LogP contribution in [0.5, 0.6) is 0 Å². The average molecular weight is 1250 g/mol. The minimum atomic E-state index is -0.273. The second-order valence-corrected chi connectivity index (χ2v) is 27.4. The number of rotatable bonds is 22. The first-order valence-electron chi connectivity index (χ1n) is 34.8. The van der Waals surface area contributed by atoms with E-state index in [1.807, 2.05) is 11.3 Å². The fourth-order valence-electron chi connectivity index (χ4n) is 15.7. The highest BCUT2D eigenvalue weighted by atomic mass is 32.1. The lowest BCUT2D eigenvalue weighted by molar-refractivity contribution is 0.399. The largest absolute Gasteiger partial charge is 0.355 e. The molecule has 0 bridgehead atoms. The van der Waals surface area contributed by atoms with Crippen LogP contribution in [0, 0.1) is 0 Å². The van der Waals surface area contributed by atoms with E-state index in [4.69, 9.17) is 0 Å². The number of para-hydroxylation sites is 1. The number of thiophene rings is 1. The number of hydrogen-bond donors (Lipinski definition) is 1. The van der Waals surface area contributed by atoms with Crippen LogP contribution in [0.25, 0.3) is 108 Å². The molecular formula is C91H79N3S. The highest BCUT2D eigenvalue weighted by Crippen LogP contribution is 2.60. The maximum atomic E-state index is 3.74. The van der Waals surface area contributed by atoms with Gasteiger partial charge in [0.1, 0.15) is 0 Å². The Morgan fingerprint density at radius 2 is 0.747 bits per heavy atom. The van der Waals surface area contributed by atoms with Gasteiger partial charge in [0, 0.05) is 81.2 Å². The second kappa shape index (κ2) is 26.3. The van der Waals surface area contributed by atoms with Gasteiger partial charge in [-0.2, -0.15) is 0 Å². The van der Waals surface area contributed by atoms with E-state index in [0.29, 0.717) is 0 Å². The van der Waals surface area contributed by atoms with E-state index >= 15 is 0 Å². The smallest absolute Gasteiger partial charge is 0.0543 e. The first kappa shape index (κ1) is 59.7. The summed E-state index contributed by atoms with van der Waals surface area (Å²) in [5.41, 5.74) is 24.3. The van der Waals surface area contributed by atoms with Crippen LogP contribution in [-0.2, 0) is 5.41 Å². The van der Waals surface area contributed by atoms with Crippen molar-refractivity contribution in [3.63, 3.8) is 0 Å². The number of nitrogens with zero attached hydrogens (tertiary/aromatic N) is 2. The van der Waals surface area contributed by atoms with Gasteiger partial charge in [-0.3, -0.25) is 0 Å². The fraction of sp³-hybridized carbons (Fsp3) is 0.165. The van der Waals surface area contributed by atoms with Gasteiger partial charge >= 0.3 is 0 Å². The zero-order valence-corrected chi connectivity index (χ0v) is 55.3. The molecule has 2 heterocycles. The van der Waals surface area contributed by atoms with Crippen molar-refractivity contribution in [2.75, 3.05) is 9.80 Å². The molecule has 0 aliphatic heterocycles. The number of nitrogens with one attached hydrogen (secondary N) is 1. The van der Waals surface area contributed by atoms with Crippen molar-refractivity contribution in [1.82, 2.24) is 4.98 Å². The monoisotopic (exact) mass is 1250 g/mol. The number of H-pyrrole nitrogens is 1. The highest BCUT2D eigenvalue weighted by molar-refractivity contribution is 7.25. The van der Waals surface area contributed by atoms with Gasteiger partial charge in [-0.25, -0.2) is 0 Å². The predicted molar refractivity (Wildman–Crippen MR) is 410 cm³/mol. The van der Waals surface area contributed by atoms with Crippen molar-refractivity contribution >= 4 is 98.2 Å². The molecule has 0 atom stereocenters. The molecule has 13 aromatic carbocycles. The van der Waals surface area contributed by atoms with Crippen molar-refractivity contribution < 1.29 is 0 Å². The number of aromatic amines is 1. The summed E-state index contributed by atoms with van der Waals surface area (Å²) in [5, 5.41) is 7.61. The molecule has 2 aromatic heterocycles. The summed E-state index contributed by atoms with van der Waals surface area (Å²) in [6, 6.07) is 110. The second-order valence-electron chi connectivity index (χ2n) is 26.3. The van der Waals surface area contributed by atoms with E-state index in [-0.39, 0.29) is 5.41 Å². The van der Waals surface area contributed by atoms with Crippen molar-refractivity contribution in [1.29, 1.82) is 0 Å². The molecule has 0 fully saturated rings. The molecule has 1 aliphatic rings. The van der Waals surface area contributed by atoms with Gasteiger partial charge in [-0.15, -0.1) is 11.3 Å². The quantitative estimate of drug-likeness (QED) is 0.0683. The molecule has 0 saturated heterocycles. The molecule has 4 heteroatoms. The van der Waals surface area contributed by atoms with Crippen LogP contribution in [0.1, 0.15) is 102 Å². The van der Waals surface area contributed by atoms with Crippen LogP contribution in [0.15, 0.2) is 291 Å². The van der Waals surface area contributed by atoms with E-state index in [1.54, 1.807) is 0 Å². The minimum absolute atomic E-state index is 0.273. The van der Waals surface area contributed by atoms with Gasteiger partial charge in [-0.1, -0.05) is 266 Å². The third kappa shape index (κ3) is 11.4. The van der Waals surface area contributed by atoms with E-state index in [9.17, 15) is 0 Å². The lowest BCUT2D eigenvalue weighted by Crippen LogP contribution is -2.26. The summed E-state index contributed by atoms with van der Waals surface area (Å²) in [5.74, 6) is 0. The Kier molecular flexibility index (Phi) is 16.5. The lowest BCUT2D eigenvalue weighted by atomic mass is 9.70. The molecule has 0 radical (unpaired) electrons. The SMILES string of the molecule is CCCCCCCC1(CCCCCCC)c2cc(N(c3ccc(-c4cccc(-c5ccccc5)c4)cc3)c3ccc4[nH]c5ccccc5c4c3)ccc2-c2c1cc(N(c1ccc(-c3cccc(-c4ccccc4)c3)cc1)c1ccc3sc4ccccc4c3c1)c1ccccc21. The molecule has 15 aromatic rings. The third-order valence-corrected chi connectivity index (χ3v) is 21.6. The Hall–Kier alpha value is -10.3.